The number of unbranched alkanes of at least 4 members (excludes halogenated alkanes) is 1. The van der Waals surface area contributed by atoms with Crippen LogP contribution < -0.4 is 9.47 Å². The van der Waals surface area contributed by atoms with Gasteiger partial charge in [-0.05, 0) is 65.7 Å². The summed E-state index contributed by atoms with van der Waals surface area (Å²) in [6.45, 7) is 2.80. The van der Waals surface area contributed by atoms with Crippen molar-refractivity contribution in [1.82, 2.24) is 0 Å². The molecule has 0 bridgehead atoms. The van der Waals surface area contributed by atoms with Crippen LogP contribution in [0.25, 0.3) is 10.8 Å². The van der Waals surface area contributed by atoms with E-state index in [4.69, 9.17) is 14.6 Å². The first kappa shape index (κ1) is 18.5. The molecule has 0 heterocycles. The van der Waals surface area contributed by atoms with Crippen molar-refractivity contribution < 1.29 is 24.2 Å². The van der Waals surface area contributed by atoms with E-state index in [0.29, 0.717) is 17.9 Å². The second-order valence-electron chi connectivity index (χ2n) is 6.14. The number of ether oxygens (including phenoxy) is 2. The molecule has 0 atom stereocenters. The fourth-order valence-corrected chi connectivity index (χ4v) is 2.61. The van der Waals surface area contributed by atoms with E-state index < -0.39 is 11.9 Å². The molecule has 5 nitrogen and oxygen atoms in total. The molecule has 0 aliphatic rings. The summed E-state index contributed by atoms with van der Waals surface area (Å²) in [5, 5.41) is 10.8. The Kier molecular flexibility index (Phi) is 5.71. The first-order chi connectivity index (χ1) is 13.1. The van der Waals surface area contributed by atoms with Gasteiger partial charge in [0, 0.05) is 0 Å². The zero-order valence-electron chi connectivity index (χ0n) is 15.0. The number of hydrogen-bond donors (Lipinski definition) is 1. The van der Waals surface area contributed by atoms with Crippen molar-refractivity contribution >= 4 is 22.7 Å². The molecule has 0 amide bonds. The van der Waals surface area contributed by atoms with Crippen LogP contribution in [0.15, 0.2) is 60.7 Å². The minimum atomic E-state index is -1.03. The van der Waals surface area contributed by atoms with E-state index in [9.17, 15) is 9.59 Å². The van der Waals surface area contributed by atoms with E-state index in [1.807, 2.05) is 24.3 Å². The van der Waals surface area contributed by atoms with Crippen LogP contribution in [-0.2, 0) is 0 Å². The van der Waals surface area contributed by atoms with Crippen LogP contribution in [0.2, 0.25) is 0 Å². The SMILES string of the molecule is CCCCOc1ccc2cc(C(=O)Oc3ccc(C(=O)O)cc3)ccc2c1. The van der Waals surface area contributed by atoms with Crippen LogP contribution in [-0.4, -0.2) is 23.7 Å². The second-order valence-corrected chi connectivity index (χ2v) is 6.14. The molecule has 0 unspecified atom stereocenters. The third kappa shape index (κ3) is 4.64. The highest BCUT2D eigenvalue weighted by Crippen LogP contribution is 2.23. The average molecular weight is 364 g/mol. The molecular formula is C22H20O5. The van der Waals surface area contributed by atoms with Gasteiger partial charge in [0.05, 0.1) is 17.7 Å². The van der Waals surface area contributed by atoms with Gasteiger partial charge in [-0.1, -0.05) is 25.5 Å². The summed E-state index contributed by atoms with van der Waals surface area (Å²) in [5.41, 5.74) is 0.557. The molecule has 0 aliphatic heterocycles. The van der Waals surface area contributed by atoms with Crippen LogP contribution in [0.1, 0.15) is 40.5 Å². The Balaban J connectivity index is 1.72. The van der Waals surface area contributed by atoms with Gasteiger partial charge >= 0.3 is 11.9 Å². The highest BCUT2D eigenvalue weighted by atomic mass is 16.5. The predicted octanol–water partition coefficient (Wildman–Crippen LogP) is 4.94. The van der Waals surface area contributed by atoms with Crippen LogP contribution in [0.5, 0.6) is 11.5 Å². The second kappa shape index (κ2) is 8.36. The van der Waals surface area contributed by atoms with Gasteiger partial charge in [0.25, 0.3) is 0 Å². The van der Waals surface area contributed by atoms with Crippen molar-refractivity contribution in [1.29, 1.82) is 0 Å². The van der Waals surface area contributed by atoms with Crippen LogP contribution in [0.4, 0.5) is 0 Å². The van der Waals surface area contributed by atoms with Crippen molar-refractivity contribution in [2.24, 2.45) is 0 Å². The van der Waals surface area contributed by atoms with E-state index in [1.54, 1.807) is 12.1 Å². The predicted molar refractivity (Wildman–Crippen MR) is 103 cm³/mol. The molecule has 0 saturated heterocycles. The van der Waals surface area contributed by atoms with Crippen molar-refractivity contribution in [3.8, 4) is 11.5 Å². The largest absolute Gasteiger partial charge is 0.494 e. The molecule has 0 radical (unpaired) electrons. The Morgan fingerprint density at radius 1 is 0.852 bits per heavy atom. The molecule has 138 valence electrons. The fraction of sp³-hybridized carbons (Fsp3) is 0.182. The summed E-state index contributed by atoms with van der Waals surface area (Å²) in [4.78, 5) is 23.2. The normalized spacial score (nSPS) is 10.6. The van der Waals surface area contributed by atoms with Gasteiger partial charge in [-0.2, -0.15) is 0 Å². The highest BCUT2D eigenvalue weighted by molar-refractivity contribution is 5.96. The third-order valence-corrected chi connectivity index (χ3v) is 4.13. The van der Waals surface area contributed by atoms with Gasteiger partial charge in [0.1, 0.15) is 11.5 Å². The minimum Gasteiger partial charge on any atom is -0.494 e. The molecule has 27 heavy (non-hydrogen) atoms. The van der Waals surface area contributed by atoms with E-state index in [-0.39, 0.29) is 5.56 Å². The van der Waals surface area contributed by atoms with E-state index in [0.717, 1.165) is 29.4 Å². The van der Waals surface area contributed by atoms with Gasteiger partial charge in [-0.25, -0.2) is 9.59 Å². The molecule has 5 heteroatoms. The number of carbonyl (C=O) groups is 2. The summed E-state index contributed by atoms with van der Waals surface area (Å²) in [5.74, 6) is -0.418. The standard InChI is InChI=1S/C22H20O5/c1-2-3-12-26-20-11-8-16-13-18(5-4-17(16)14-20)22(25)27-19-9-6-15(7-10-19)21(23)24/h4-11,13-14H,2-3,12H2,1H3,(H,23,24). The number of hydrogen-bond acceptors (Lipinski definition) is 4. The lowest BCUT2D eigenvalue weighted by Crippen LogP contribution is -2.08. The first-order valence-corrected chi connectivity index (χ1v) is 8.79. The Labute approximate surface area is 157 Å². The number of aromatic carboxylic acids is 1. The van der Waals surface area contributed by atoms with Crippen LogP contribution in [0, 0.1) is 0 Å². The van der Waals surface area contributed by atoms with Crippen molar-refractivity contribution in [3.05, 3.63) is 71.8 Å². The molecule has 1 N–H and O–H groups in total. The average Bonchev–Trinajstić information content (AvgIpc) is 2.68. The zero-order chi connectivity index (χ0) is 19.2. The molecule has 0 spiro atoms. The molecular weight excluding hydrogens is 344 g/mol. The number of carboxylic acid groups (broad SMARTS) is 1. The highest BCUT2D eigenvalue weighted by Gasteiger charge is 2.11. The quantitative estimate of drug-likeness (QED) is 0.365. The topological polar surface area (TPSA) is 72.8 Å². The summed E-state index contributed by atoms with van der Waals surface area (Å²) in [6.07, 6.45) is 2.09. The van der Waals surface area contributed by atoms with Crippen molar-refractivity contribution in [2.45, 2.75) is 19.8 Å². The smallest absolute Gasteiger partial charge is 0.343 e. The number of benzene rings is 3. The first-order valence-electron chi connectivity index (χ1n) is 8.79. The summed E-state index contributed by atoms with van der Waals surface area (Å²) < 4.78 is 11.0. The summed E-state index contributed by atoms with van der Waals surface area (Å²) >= 11 is 0. The maximum atomic E-state index is 12.4. The van der Waals surface area contributed by atoms with Crippen molar-refractivity contribution in [3.63, 3.8) is 0 Å². The zero-order valence-corrected chi connectivity index (χ0v) is 15.0. The van der Waals surface area contributed by atoms with Crippen LogP contribution in [0.3, 0.4) is 0 Å². The van der Waals surface area contributed by atoms with Gasteiger partial charge < -0.3 is 14.6 Å². The van der Waals surface area contributed by atoms with Gasteiger partial charge in [0.15, 0.2) is 0 Å². The Hall–Kier alpha value is -3.34. The maximum Gasteiger partial charge on any atom is 0.343 e. The van der Waals surface area contributed by atoms with Crippen molar-refractivity contribution in [2.75, 3.05) is 6.61 Å². The Morgan fingerprint density at radius 3 is 2.19 bits per heavy atom. The summed E-state index contributed by atoms with van der Waals surface area (Å²) in [6, 6.07) is 16.8. The molecule has 0 aromatic heterocycles. The number of fused-ring (bicyclic) bond motifs is 1. The number of carbonyl (C=O) groups excluding carboxylic acids is 1. The minimum absolute atomic E-state index is 0.137. The summed E-state index contributed by atoms with van der Waals surface area (Å²) in [7, 11) is 0. The van der Waals surface area contributed by atoms with E-state index in [1.165, 1.54) is 24.3 Å². The molecule has 3 aromatic carbocycles. The van der Waals surface area contributed by atoms with E-state index in [2.05, 4.69) is 6.92 Å². The fourth-order valence-electron chi connectivity index (χ4n) is 2.61. The number of esters is 1. The van der Waals surface area contributed by atoms with Crippen LogP contribution >= 0.6 is 0 Å². The monoisotopic (exact) mass is 364 g/mol. The lowest BCUT2D eigenvalue weighted by molar-refractivity contribution is 0.0696. The Morgan fingerprint density at radius 2 is 1.48 bits per heavy atom. The van der Waals surface area contributed by atoms with Gasteiger partial charge in [-0.3, -0.25) is 0 Å². The third-order valence-electron chi connectivity index (χ3n) is 4.13. The van der Waals surface area contributed by atoms with Gasteiger partial charge in [-0.15, -0.1) is 0 Å². The molecule has 3 aromatic rings. The number of rotatable bonds is 7. The molecule has 0 fully saturated rings. The maximum absolute atomic E-state index is 12.4. The molecule has 0 saturated carbocycles. The molecule has 0 aliphatic carbocycles. The lowest BCUT2D eigenvalue weighted by atomic mass is 10.1. The Bertz CT molecular complexity index is 960. The van der Waals surface area contributed by atoms with Gasteiger partial charge in [0.2, 0.25) is 0 Å². The number of carboxylic acids is 1. The van der Waals surface area contributed by atoms with E-state index >= 15 is 0 Å². The molecule has 3 rings (SSSR count). The lowest BCUT2D eigenvalue weighted by Gasteiger charge is -2.08.